The molecule has 0 saturated carbocycles. The molecule has 1 fully saturated rings. The van der Waals surface area contributed by atoms with E-state index in [1.165, 1.54) is 5.56 Å². The molecule has 0 bridgehead atoms. The van der Waals surface area contributed by atoms with Gasteiger partial charge in [0.1, 0.15) is 0 Å². The second kappa shape index (κ2) is 10.2. The number of hydrogen-bond donors (Lipinski definition) is 1. The van der Waals surface area contributed by atoms with E-state index in [4.69, 9.17) is 0 Å². The fourth-order valence-electron chi connectivity index (χ4n) is 2.42. The lowest BCUT2D eigenvalue weighted by Gasteiger charge is -2.35. The van der Waals surface area contributed by atoms with Gasteiger partial charge in [-0.2, -0.15) is 0 Å². The molecule has 114 valence electrons. The molecular formula is C14H20Br2Cl2N2. The summed E-state index contributed by atoms with van der Waals surface area (Å²) in [6, 6.07) is 6.92. The largest absolute Gasteiger partial charge is 0.314 e. The number of nitrogens with one attached hydrogen (secondary N) is 1. The molecule has 0 spiro atoms. The van der Waals surface area contributed by atoms with Crippen molar-refractivity contribution in [1.29, 1.82) is 0 Å². The van der Waals surface area contributed by atoms with Gasteiger partial charge >= 0.3 is 0 Å². The number of nitrogens with zero attached hydrogens (tertiary/aromatic N) is 1. The van der Waals surface area contributed by atoms with Gasteiger partial charge in [-0.25, -0.2) is 0 Å². The van der Waals surface area contributed by atoms with Gasteiger partial charge in [0.25, 0.3) is 0 Å². The predicted octanol–water partition coefficient (Wildman–Crippen LogP) is 4.58. The van der Waals surface area contributed by atoms with Crippen molar-refractivity contribution in [2.24, 2.45) is 0 Å². The summed E-state index contributed by atoms with van der Waals surface area (Å²) in [7, 11) is 0. The Morgan fingerprint density at radius 3 is 2.20 bits per heavy atom. The van der Waals surface area contributed by atoms with Gasteiger partial charge in [0.2, 0.25) is 0 Å². The molecule has 0 aliphatic carbocycles. The molecule has 1 atom stereocenters. The van der Waals surface area contributed by atoms with E-state index in [2.05, 4.69) is 66.9 Å². The highest BCUT2D eigenvalue weighted by atomic mass is 79.9. The minimum Gasteiger partial charge on any atom is -0.314 e. The summed E-state index contributed by atoms with van der Waals surface area (Å²) in [5.41, 5.74) is 1.35. The molecule has 1 heterocycles. The lowest BCUT2D eigenvalue weighted by Crippen LogP contribution is -2.45. The van der Waals surface area contributed by atoms with Crippen molar-refractivity contribution in [3.63, 3.8) is 0 Å². The molecule has 0 amide bonds. The summed E-state index contributed by atoms with van der Waals surface area (Å²) in [4.78, 5) is 2.53. The summed E-state index contributed by atoms with van der Waals surface area (Å²) < 4.78 is 2.24. The van der Waals surface area contributed by atoms with Crippen LogP contribution in [0.3, 0.4) is 0 Å². The SMILES string of the molecule is C=CC[C@@H](c1cc(Br)cc(Br)c1)N1CCNCC1.Cl.Cl. The van der Waals surface area contributed by atoms with Gasteiger partial charge in [-0.05, 0) is 30.2 Å². The topological polar surface area (TPSA) is 15.3 Å². The van der Waals surface area contributed by atoms with E-state index in [-0.39, 0.29) is 24.8 Å². The second-order valence-corrected chi connectivity index (χ2v) is 6.36. The van der Waals surface area contributed by atoms with E-state index < -0.39 is 0 Å². The lowest BCUT2D eigenvalue weighted by atomic mass is 10.0. The molecule has 0 unspecified atom stereocenters. The summed E-state index contributed by atoms with van der Waals surface area (Å²) in [5.74, 6) is 0. The molecule has 0 radical (unpaired) electrons. The molecule has 6 heteroatoms. The Bertz CT molecular complexity index is 403. The highest BCUT2D eigenvalue weighted by molar-refractivity contribution is 9.11. The van der Waals surface area contributed by atoms with E-state index in [0.717, 1.165) is 41.5 Å². The average molecular weight is 447 g/mol. The van der Waals surface area contributed by atoms with Crippen LogP contribution in [-0.4, -0.2) is 31.1 Å². The van der Waals surface area contributed by atoms with Crippen LogP contribution in [0.4, 0.5) is 0 Å². The third kappa shape index (κ3) is 5.66. The zero-order valence-corrected chi connectivity index (χ0v) is 16.0. The molecule has 0 aromatic heterocycles. The summed E-state index contributed by atoms with van der Waals surface area (Å²) in [6.07, 6.45) is 3.00. The minimum absolute atomic E-state index is 0. The monoisotopic (exact) mass is 444 g/mol. The molecule has 20 heavy (non-hydrogen) atoms. The third-order valence-electron chi connectivity index (χ3n) is 3.25. The second-order valence-electron chi connectivity index (χ2n) is 4.53. The normalized spacial score (nSPS) is 16.7. The Hall–Kier alpha value is 0.420. The standard InChI is InChI=1S/C14H18Br2N2.2ClH/c1-2-3-14(18-6-4-17-5-7-18)11-8-12(15)10-13(16)9-11;;/h2,8-10,14,17H,1,3-7H2;2*1H/t14-;;/m0../s1. The van der Waals surface area contributed by atoms with E-state index in [1.807, 2.05) is 6.08 Å². The number of benzene rings is 1. The number of piperazine rings is 1. The summed E-state index contributed by atoms with van der Waals surface area (Å²) in [5, 5.41) is 3.40. The van der Waals surface area contributed by atoms with Crippen molar-refractivity contribution in [2.45, 2.75) is 12.5 Å². The summed E-state index contributed by atoms with van der Waals surface area (Å²) in [6.45, 7) is 8.24. The van der Waals surface area contributed by atoms with Crippen LogP contribution >= 0.6 is 56.7 Å². The van der Waals surface area contributed by atoms with Gasteiger partial charge in [0, 0.05) is 41.2 Å². The number of halogens is 4. The maximum atomic E-state index is 3.90. The van der Waals surface area contributed by atoms with Crippen LogP contribution in [0, 0.1) is 0 Å². The van der Waals surface area contributed by atoms with Crippen molar-refractivity contribution < 1.29 is 0 Å². The Morgan fingerprint density at radius 1 is 1.15 bits per heavy atom. The quantitative estimate of drug-likeness (QED) is 0.681. The predicted molar refractivity (Wildman–Crippen MR) is 98.3 cm³/mol. The van der Waals surface area contributed by atoms with E-state index in [9.17, 15) is 0 Å². The van der Waals surface area contributed by atoms with Crippen molar-refractivity contribution in [3.05, 3.63) is 45.4 Å². The number of hydrogen-bond acceptors (Lipinski definition) is 2. The fourth-order valence-corrected chi connectivity index (χ4v) is 3.74. The molecule has 1 aromatic carbocycles. The van der Waals surface area contributed by atoms with Gasteiger partial charge in [-0.3, -0.25) is 4.90 Å². The first-order chi connectivity index (χ1) is 8.70. The van der Waals surface area contributed by atoms with Crippen LogP contribution in [0.1, 0.15) is 18.0 Å². The maximum absolute atomic E-state index is 3.90. The minimum atomic E-state index is 0. The van der Waals surface area contributed by atoms with Crippen LogP contribution < -0.4 is 5.32 Å². The molecule has 1 aliphatic heterocycles. The van der Waals surface area contributed by atoms with E-state index in [0.29, 0.717) is 6.04 Å². The zero-order valence-electron chi connectivity index (χ0n) is 11.1. The average Bonchev–Trinajstić information content (AvgIpc) is 2.36. The Balaban J connectivity index is 0.00000180. The van der Waals surface area contributed by atoms with Crippen molar-refractivity contribution in [2.75, 3.05) is 26.2 Å². The van der Waals surface area contributed by atoms with Crippen LogP contribution in [0.5, 0.6) is 0 Å². The maximum Gasteiger partial charge on any atom is 0.0384 e. The first-order valence-electron chi connectivity index (χ1n) is 6.22. The van der Waals surface area contributed by atoms with Crippen LogP contribution in [-0.2, 0) is 0 Å². The van der Waals surface area contributed by atoms with E-state index >= 15 is 0 Å². The fraction of sp³-hybridized carbons (Fsp3) is 0.429. The Labute approximate surface area is 150 Å². The lowest BCUT2D eigenvalue weighted by molar-refractivity contribution is 0.174. The zero-order chi connectivity index (χ0) is 13.0. The molecule has 1 saturated heterocycles. The molecule has 2 nitrogen and oxygen atoms in total. The smallest absolute Gasteiger partial charge is 0.0384 e. The first-order valence-corrected chi connectivity index (χ1v) is 7.81. The first kappa shape index (κ1) is 20.4. The third-order valence-corrected chi connectivity index (χ3v) is 4.17. The van der Waals surface area contributed by atoms with Gasteiger partial charge in [-0.15, -0.1) is 31.4 Å². The van der Waals surface area contributed by atoms with Gasteiger partial charge in [0.05, 0.1) is 0 Å². The summed E-state index contributed by atoms with van der Waals surface area (Å²) >= 11 is 7.14. The van der Waals surface area contributed by atoms with Crippen LogP contribution in [0.15, 0.2) is 39.8 Å². The molecule has 1 N–H and O–H groups in total. The van der Waals surface area contributed by atoms with Gasteiger partial charge in [-0.1, -0.05) is 37.9 Å². The van der Waals surface area contributed by atoms with Crippen molar-refractivity contribution in [1.82, 2.24) is 10.2 Å². The molecular weight excluding hydrogens is 427 g/mol. The van der Waals surface area contributed by atoms with Gasteiger partial charge in [0.15, 0.2) is 0 Å². The van der Waals surface area contributed by atoms with Gasteiger partial charge < -0.3 is 5.32 Å². The van der Waals surface area contributed by atoms with Crippen LogP contribution in [0.25, 0.3) is 0 Å². The molecule has 1 aromatic rings. The van der Waals surface area contributed by atoms with E-state index in [1.54, 1.807) is 0 Å². The van der Waals surface area contributed by atoms with Crippen molar-refractivity contribution >= 4 is 56.7 Å². The Kier molecular flexibility index (Phi) is 10.4. The molecule has 2 rings (SSSR count). The Morgan fingerprint density at radius 2 is 1.70 bits per heavy atom. The molecule has 1 aliphatic rings. The van der Waals surface area contributed by atoms with Crippen molar-refractivity contribution in [3.8, 4) is 0 Å². The number of rotatable bonds is 4. The highest BCUT2D eigenvalue weighted by Crippen LogP contribution is 2.30. The highest BCUT2D eigenvalue weighted by Gasteiger charge is 2.21. The van der Waals surface area contributed by atoms with Crippen LogP contribution in [0.2, 0.25) is 0 Å².